The van der Waals surface area contributed by atoms with Gasteiger partial charge in [0.15, 0.2) is 0 Å². The number of nitrogens with one attached hydrogen (secondary N) is 1. The van der Waals surface area contributed by atoms with E-state index in [4.69, 9.17) is 4.74 Å². The van der Waals surface area contributed by atoms with Crippen LogP contribution in [0.5, 0.6) is 0 Å². The van der Waals surface area contributed by atoms with Gasteiger partial charge in [0.25, 0.3) is 0 Å². The van der Waals surface area contributed by atoms with Crippen LogP contribution >= 0.6 is 0 Å². The number of carbonyl (C=O) groups is 2. The SMILES string of the molecule is COC(=O)c1ccc(C2(NC(=O)[C@H]3CC4(CCN3Cc3ccc(C(F)(F)F)cc3)CC4)CC2)cc1. The van der Waals surface area contributed by atoms with Gasteiger partial charge in [-0.25, -0.2) is 4.79 Å². The number of likely N-dealkylation sites (tertiary alicyclic amines) is 1. The first-order valence-corrected chi connectivity index (χ1v) is 12.0. The highest BCUT2D eigenvalue weighted by Crippen LogP contribution is 2.55. The maximum atomic E-state index is 13.6. The second-order valence-corrected chi connectivity index (χ2v) is 10.3. The van der Waals surface area contributed by atoms with Crippen molar-refractivity contribution in [3.8, 4) is 0 Å². The van der Waals surface area contributed by atoms with Crippen LogP contribution in [0.25, 0.3) is 0 Å². The molecule has 1 heterocycles. The maximum absolute atomic E-state index is 13.6. The first-order chi connectivity index (χ1) is 16.6. The van der Waals surface area contributed by atoms with Gasteiger partial charge in [-0.2, -0.15) is 13.2 Å². The van der Waals surface area contributed by atoms with Crippen molar-refractivity contribution < 1.29 is 27.5 Å². The molecule has 1 N–H and O–H groups in total. The summed E-state index contributed by atoms with van der Waals surface area (Å²) in [6.45, 7) is 1.19. The van der Waals surface area contributed by atoms with Gasteiger partial charge in [-0.1, -0.05) is 24.3 Å². The average Bonchev–Trinajstić information content (AvgIpc) is 3.78. The number of hydrogen-bond acceptors (Lipinski definition) is 4. The standard InChI is InChI=1S/C27H29F3N2O3/c1-35-24(34)19-4-8-20(9-5-19)26(12-13-26)31-23(33)22-16-25(10-11-25)14-15-32(22)17-18-2-6-21(7-3-18)27(28,29)30/h2-9,22H,10-17H2,1H3,(H,31,33)/t22-/m1/s1. The van der Waals surface area contributed by atoms with E-state index in [1.807, 2.05) is 12.1 Å². The number of hydrogen-bond donors (Lipinski definition) is 1. The van der Waals surface area contributed by atoms with Gasteiger partial charge in [0, 0.05) is 6.54 Å². The topological polar surface area (TPSA) is 58.6 Å². The molecule has 2 aromatic carbocycles. The van der Waals surface area contributed by atoms with Crippen LogP contribution in [0.4, 0.5) is 13.2 Å². The Kier molecular flexibility index (Phi) is 5.90. The molecule has 1 aliphatic heterocycles. The molecule has 1 amide bonds. The van der Waals surface area contributed by atoms with Crippen LogP contribution in [0, 0.1) is 5.41 Å². The van der Waals surface area contributed by atoms with Crippen molar-refractivity contribution in [2.24, 2.45) is 5.41 Å². The largest absolute Gasteiger partial charge is 0.465 e. The number of carbonyl (C=O) groups excluding carboxylic acids is 2. The summed E-state index contributed by atoms with van der Waals surface area (Å²) >= 11 is 0. The Morgan fingerprint density at radius 3 is 2.20 bits per heavy atom. The Hall–Kier alpha value is -2.87. The summed E-state index contributed by atoms with van der Waals surface area (Å²) in [5.74, 6) is -0.432. The second kappa shape index (κ2) is 8.66. The zero-order chi connectivity index (χ0) is 24.8. The summed E-state index contributed by atoms with van der Waals surface area (Å²) < 4.78 is 43.6. The minimum Gasteiger partial charge on any atom is -0.465 e. The Bertz CT molecular complexity index is 1100. The number of halogens is 3. The van der Waals surface area contributed by atoms with Crippen LogP contribution in [-0.2, 0) is 27.8 Å². The quantitative estimate of drug-likeness (QED) is 0.581. The molecule has 0 unspecified atom stereocenters. The molecule has 5 rings (SSSR count). The van der Waals surface area contributed by atoms with E-state index >= 15 is 0 Å². The third-order valence-electron chi connectivity index (χ3n) is 7.89. The normalized spacial score (nSPS) is 22.5. The molecule has 0 radical (unpaired) electrons. The van der Waals surface area contributed by atoms with Crippen LogP contribution in [0.3, 0.4) is 0 Å². The van der Waals surface area contributed by atoms with Crippen LogP contribution in [-0.4, -0.2) is 36.5 Å². The smallest absolute Gasteiger partial charge is 0.416 e. The molecule has 0 bridgehead atoms. The lowest BCUT2D eigenvalue weighted by Gasteiger charge is -2.39. The number of piperidine rings is 1. The number of rotatable bonds is 6. The molecule has 2 saturated carbocycles. The fourth-order valence-electron chi connectivity index (χ4n) is 5.26. The Morgan fingerprint density at radius 2 is 1.66 bits per heavy atom. The summed E-state index contributed by atoms with van der Waals surface area (Å²) in [5.41, 5.74) is 1.33. The lowest BCUT2D eigenvalue weighted by molar-refractivity contribution is -0.137. The summed E-state index contributed by atoms with van der Waals surface area (Å²) in [6.07, 6.45) is 1.34. The highest BCUT2D eigenvalue weighted by atomic mass is 19.4. The fraction of sp³-hybridized carbons (Fsp3) is 0.481. The zero-order valence-corrected chi connectivity index (χ0v) is 19.7. The third kappa shape index (κ3) is 4.94. The molecule has 1 spiro atoms. The Morgan fingerprint density at radius 1 is 1.00 bits per heavy atom. The van der Waals surface area contributed by atoms with E-state index in [2.05, 4.69) is 10.2 Å². The minimum absolute atomic E-state index is 0.0302. The Balaban J connectivity index is 1.30. The number of nitrogens with zero attached hydrogens (tertiary/aromatic N) is 1. The lowest BCUT2D eigenvalue weighted by Crippen LogP contribution is -2.53. The lowest BCUT2D eigenvalue weighted by atomic mass is 9.86. The molecular weight excluding hydrogens is 457 g/mol. The van der Waals surface area contributed by atoms with E-state index < -0.39 is 23.2 Å². The van der Waals surface area contributed by atoms with Gasteiger partial charge >= 0.3 is 12.1 Å². The number of ether oxygens (including phenoxy) is 1. The molecule has 5 nitrogen and oxygen atoms in total. The van der Waals surface area contributed by atoms with Crippen molar-refractivity contribution in [3.63, 3.8) is 0 Å². The molecular formula is C27H29F3N2O3. The molecule has 186 valence electrons. The highest BCUT2D eigenvalue weighted by molar-refractivity contribution is 5.89. The van der Waals surface area contributed by atoms with Gasteiger partial charge in [-0.05, 0) is 85.9 Å². The van der Waals surface area contributed by atoms with Gasteiger partial charge < -0.3 is 10.1 Å². The molecule has 35 heavy (non-hydrogen) atoms. The monoisotopic (exact) mass is 486 g/mol. The van der Waals surface area contributed by atoms with Crippen molar-refractivity contribution in [2.75, 3.05) is 13.7 Å². The van der Waals surface area contributed by atoms with Crippen molar-refractivity contribution in [1.29, 1.82) is 0 Å². The zero-order valence-electron chi connectivity index (χ0n) is 19.7. The highest BCUT2D eigenvalue weighted by Gasteiger charge is 2.52. The molecule has 1 atom stereocenters. The molecule has 8 heteroatoms. The number of amides is 1. The number of benzene rings is 2. The van der Waals surface area contributed by atoms with Crippen molar-refractivity contribution in [1.82, 2.24) is 10.2 Å². The van der Waals surface area contributed by atoms with Crippen molar-refractivity contribution in [2.45, 2.75) is 62.8 Å². The summed E-state index contributed by atoms with van der Waals surface area (Å²) in [5, 5.41) is 3.28. The van der Waals surface area contributed by atoms with Gasteiger partial charge in [-0.15, -0.1) is 0 Å². The number of alkyl halides is 3. The van der Waals surface area contributed by atoms with E-state index in [0.29, 0.717) is 12.1 Å². The molecule has 3 aliphatic rings. The molecule has 2 aromatic rings. The van der Waals surface area contributed by atoms with Crippen LogP contribution in [0.1, 0.15) is 65.6 Å². The minimum atomic E-state index is -4.36. The van der Waals surface area contributed by atoms with Crippen molar-refractivity contribution >= 4 is 11.9 Å². The summed E-state index contributed by atoms with van der Waals surface area (Å²) in [4.78, 5) is 27.4. The first-order valence-electron chi connectivity index (χ1n) is 12.0. The number of esters is 1. The molecule has 1 saturated heterocycles. The maximum Gasteiger partial charge on any atom is 0.416 e. The van der Waals surface area contributed by atoms with E-state index in [1.165, 1.54) is 19.2 Å². The van der Waals surface area contributed by atoms with Crippen LogP contribution < -0.4 is 5.32 Å². The van der Waals surface area contributed by atoms with Crippen LogP contribution in [0.15, 0.2) is 48.5 Å². The Labute approximate surface area is 202 Å². The van der Waals surface area contributed by atoms with Gasteiger partial charge in [0.1, 0.15) is 0 Å². The fourth-order valence-corrected chi connectivity index (χ4v) is 5.26. The van der Waals surface area contributed by atoms with E-state index in [1.54, 1.807) is 12.1 Å². The van der Waals surface area contributed by atoms with E-state index in [-0.39, 0.29) is 17.4 Å². The third-order valence-corrected chi connectivity index (χ3v) is 7.89. The van der Waals surface area contributed by atoms with Gasteiger partial charge in [-0.3, -0.25) is 9.69 Å². The predicted molar refractivity (Wildman–Crippen MR) is 123 cm³/mol. The molecule has 3 fully saturated rings. The summed E-state index contributed by atoms with van der Waals surface area (Å²) in [7, 11) is 1.34. The molecule has 0 aromatic heterocycles. The van der Waals surface area contributed by atoms with E-state index in [0.717, 1.165) is 68.3 Å². The molecule has 2 aliphatic carbocycles. The summed E-state index contributed by atoms with van der Waals surface area (Å²) in [6, 6.07) is 12.1. The van der Waals surface area contributed by atoms with Gasteiger partial charge in [0.2, 0.25) is 5.91 Å². The van der Waals surface area contributed by atoms with Gasteiger partial charge in [0.05, 0.1) is 29.8 Å². The predicted octanol–water partition coefficient (Wildman–Crippen LogP) is 5.04. The first kappa shape index (κ1) is 23.9. The average molecular weight is 487 g/mol. The second-order valence-electron chi connectivity index (χ2n) is 10.3. The van der Waals surface area contributed by atoms with E-state index in [9.17, 15) is 22.8 Å². The van der Waals surface area contributed by atoms with Crippen LogP contribution in [0.2, 0.25) is 0 Å². The van der Waals surface area contributed by atoms with Crippen molar-refractivity contribution in [3.05, 3.63) is 70.8 Å². The number of methoxy groups -OCH3 is 1.